The van der Waals surface area contributed by atoms with Crippen LogP contribution in [0.25, 0.3) is 11.0 Å². The maximum Gasteiger partial charge on any atom is 0.303 e. The summed E-state index contributed by atoms with van der Waals surface area (Å²) in [5, 5.41) is 13.2. The van der Waals surface area contributed by atoms with Crippen molar-refractivity contribution in [3.8, 4) is 0 Å². The van der Waals surface area contributed by atoms with Crippen molar-refractivity contribution in [3.05, 3.63) is 28.9 Å². The van der Waals surface area contributed by atoms with Crippen molar-refractivity contribution in [2.75, 3.05) is 0 Å². The molecule has 1 N–H and O–H groups in total. The first kappa shape index (κ1) is 9.98. The van der Waals surface area contributed by atoms with Gasteiger partial charge in [0.05, 0.1) is 5.39 Å². The van der Waals surface area contributed by atoms with E-state index < -0.39 is 5.97 Å². The molecule has 0 saturated heterocycles. The highest BCUT2D eigenvalue weighted by molar-refractivity contribution is 6.34. The topological polar surface area (TPSA) is 63.3 Å². The lowest BCUT2D eigenvalue weighted by Crippen LogP contribution is -1.96. The molecular weight excluding hydrogens is 218 g/mol. The lowest BCUT2D eigenvalue weighted by Gasteiger charge is -1.97. The number of aryl methyl sites for hydroxylation is 1. The highest BCUT2D eigenvalue weighted by Gasteiger charge is 2.07. The molecule has 15 heavy (non-hydrogen) atoms. The van der Waals surface area contributed by atoms with Gasteiger partial charge < -0.3 is 9.63 Å². The molecule has 0 amide bonds. The Balaban J connectivity index is 2.29. The van der Waals surface area contributed by atoms with E-state index in [1.54, 1.807) is 12.1 Å². The van der Waals surface area contributed by atoms with Crippen LogP contribution in [0.4, 0.5) is 0 Å². The normalized spacial score (nSPS) is 10.7. The van der Waals surface area contributed by atoms with Gasteiger partial charge in [0.15, 0.2) is 10.7 Å². The second-order valence-electron chi connectivity index (χ2n) is 3.20. The molecule has 0 bridgehead atoms. The third-order valence-corrected chi connectivity index (χ3v) is 2.39. The summed E-state index contributed by atoms with van der Waals surface area (Å²) in [6.07, 6.45) is 0.585. The number of hydrogen-bond donors (Lipinski definition) is 1. The number of carboxylic acids is 1. The van der Waals surface area contributed by atoms with E-state index in [-0.39, 0.29) is 6.42 Å². The minimum Gasteiger partial charge on any atom is -0.481 e. The Morgan fingerprint density at radius 2 is 2.33 bits per heavy atom. The first-order valence-corrected chi connectivity index (χ1v) is 4.80. The number of halogens is 1. The van der Waals surface area contributed by atoms with Gasteiger partial charge in [-0.05, 0) is 24.1 Å². The van der Waals surface area contributed by atoms with Gasteiger partial charge in [-0.3, -0.25) is 4.79 Å². The second kappa shape index (κ2) is 3.90. The standard InChI is InChI=1S/C10H8ClNO3/c11-10-7-5-6(2-4-9(13)14)1-3-8(7)15-12-10/h1,3,5H,2,4H2,(H,13,14). The van der Waals surface area contributed by atoms with E-state index in [0.29, 0.717) is 17.2 Å². The minimum absolute atomic E-state index is 0.106. The zero-order chi connectivity index (χ0) is 10.8. The Kier molecular flexibility index (Phi) is 2.60. The largest absolute Gasteiger partial charge is 0.481 e. The number of aromatic nitrogens is 1. The maximum atomic E-state index is 10.4. The molecule has 1 aromatic heterocycles. The van der Waals surface area contributed by atoms with Gasteiger partial charge in [0.2, 0.25) is 0 Å². The zero-order valence-electron chi connectivity index (χ0n) is 7.74. The smallest absolute Gasteiger partial charge is 0.303 e. The number of carbonyl (C=O) groups is 1. The van der Waals surface area contributed by atoms with Crippen LogP contribution < -0.4 is 0 Å². The Hall–Kier alpha value is -1.55. The molecule has 4 nitrogen and oxygen atoms in total. The maximum absolute atomic E-state index is 10.4. The fourth-order valence-corrected chi connectivity index (χ4v) is 1.55. The van der Waals surface area contributed by atoms with E-state index in [1.165, 1.54) is 0 Å². The summed E-state index contributed by atoms with van der Waals surface area (Å²) >= 11 is 5.79. The lowest BCUT2D eigenvalue weighted by atomic mass is 10.1. The molecule has 0 saturated carbocycles. The molecular formula is C10H8ClNO3. The minimum atomic E-state index is -0.813. The molecule has 1 heterocycles. The lowest BCUT2D eigenvalue weighted by molar-refractivity contribution is -0.136. The van der Waals surface area contributed by atoms with E-state index in [4.69, 9.17) is 21.2 Å². The van der Waals surface area contributed by atoms with Crippen LogP contribution in [-0.2, 0) is 11.2 Å². The van der Waals surface area contributed by atoms with Crippen molar-refractivity contribution in [2.45, 2.75) is 12.8 Å². The molecule has 0 aliphatic carbocycles. The van der Waals surface area contributed by atoms with Crippen molar-refractivity contribution in [1.29, 1.82) is 0 Å². The van der Waals surface area contributed by atoms with Gasteiger partial charge in [0.1, 0.15) is 0 Å². The van der Waals surface area contributed by atoms with Gasteiger partial charge in [0.25, 0.3) is 0 Å². The van der Waals surface area contributed by atoms with Gasteiger partial charge in [-0.1, -0.05) is 22.8 Å². The molecule has 1 aromatic carbocycles. The van der Waals surface area contributed by atoms with Crippen molar-refractivity contribution in [3.63, 3.8) is 0 Å². The number of carboxylic acid groups (broad SMARTS) is 1. The summed E-state index contributed by atoms with van der Waals surface area (Å²) in [5.74, 6) is -0.813. The van der Waals surface area contributed by atoms with Gasteiger partial charge in [-0.25, -0.2) is 0 Å². The first-order chi connectivity index (χ1) is 7.16. The highest BCUT2D eigenvalue weighted by Crippen LogP contribution is 2.23. The number of fused-ring (bicyclic) bond motifs is 1. The second-order valence-corrected chi connectivity index (χ2v) is 3.56. The Bertz CT molecular complexity index is 506. The van der Waals surface area contributed by atoms with E-state index in [9.17, 15) is 4.79 Å². The zero-order valence-corrected chi connectivity index (χ0v) is 8.49. The third-order valence-electron chi connectivity index (χ3n) is 2.12. The van der Waals surface area contributed by atoms with E-state index in [2.05, 4.69) is 5.16 Å². The van der Waals surface area contributed by atoms with Crippen LogP contribution in [0.5, 0.6) is 0 Å². The Morgan fingerprint density at radius 3 is 3.07 bits per heavy atom. The molecule has 0 spiro atoms. The Morgan fingerprint density at radius 1 is 1.53 bits per heavy atom. The quantitative estimate of drug-likeness (QED) is 0.872. The van der Waals surface area contributed by atoms with Crippen LogP contribution in [0.3, 0.4) is 0 Å². The van der Waals surface area contributed by atoms with E-state index in [0.717, 1.165) is 10.9 Å². The highest BCUT2D eigenvalue weighted by atomic mass is 35.5. The average molecular weight is 226 g/mol. The monoisotopic (exact) mass is 225 g/mol. The van der Waals surface area contributed by atoms with Crippen LogP contribution in [0, 0.1) is 0 Å². The number of benzene rings is 1. The molecule has 78 valence electrons. The van der Waals surface area contributed by atoms with Crippen molar-refractivity contribution in [1.82, 2.24) is 5.16 Å². The number of rotatable bonds is 3. The van der Waals surface area contributed by atoms with Crippen molar-refractivity contribution in [2.24, 2.45) is 0 Å². The average Bonchev–Trinajstić information content (AvgIpc) is 2.57. The number of aliphatic carboxylic acids is 1. The summed E-state index contributed by atoms with van der Waals surface area (Å²) in [5.41, 5.74) is 1.52. The molecule has 0 unspecified atom stereocenters. The van der Waals surface area contributed by atoms with Gasteiger partial charge >= 0.3 is 5.97 Å². The molecule has 0 fully saturated rings. The predicted molar refractivity (Wildman–Crippen MR) is 55.0 cm³/mol. The predicted octanol–water partition coefficient (Wildman–Crippen LogP) is 2.50. The summed E-state index contributed by atoms with van der Waals surface area (Å²) in [6.45, 7) is 0. The van der Waals surface area contributed by atoms with Crippen molar-refractivity contribution < 1.29 is 14.4 Å². The van der Waals surface area contributed by atoms with Crippen LogP contribution in [0.1, 0.15) is 12.0 Å². The first-order valence-electron chi connectivity index (χ1n) is 4.42. The van der Waals surface area contributed by atoms with E-state index >= 15 is 0 Å². The van der Waals surface area contributed by atoms with Crippen LogP contribution in [0.2, 0.25) is 5.15 Å². The summed E-state index contributed by atoms with van der Waals surface area (Å²) in [7, 11) is 0. The van der Waals surface area contributed by atoms with Crippen LogP contribution in [0.15, 0.2) is 22.7 Å². The molecule has 5 heteroatoms. The fraction of sp³-hybridized carbons (Fsp3) is 0.200. The fourth-order valence-electron chi connectivity index (χ4n) is 1.36. The van der Waals surface area contributed by atoms with Gasteiger partial charge in [-0.2, -0.15) is 0 Å². The number of nitrogens with zero attached hydrogens (tertiary/aromatic N) is 1. The Labute approximate surface area is 90.4 Å². The van der Waals surface area contributed by atoms with Crippen LogP contribution in [-0.4, -0.2) is 16.2 Å². The molecule has 2 aromatic rings. The van der Waals surface area contributed by atoms with E-state index in [1.807, 2.05) is 6.07 Å². The SMILES string of the molecule is O=C(O)CCc1ccc2onc(Cl)c2c1. The van der Waals surface area contributed by atoms with Gasteiger partial charge in [0, 0.05) is 6.42 Å². The summed E-state index contributed by atoms with van der Waals surface area (Å²) in [4.78, 5) is 10.4. The van der Waals surface area contributed by atoms with Crippen LogP contribution >= 0.6 is 11.6 Å². The van der Waals surface area contributed by atoms with Gasteiger partial charge in [-0.15, -0.1) is 0 Å². The van der Waals surface area contributed by atoms with Crippen molar-refractivity contribution >= 4 is 28.5 Å². The number of hydrogen-bond acceptors (Lipinski definition) is 3. The third kappa shape index (κ3) is 2.10. The molecule has 2 rings (SSSR count). The molecule has 0 atom stereocenters. The molecule has 0 aliphatic rings. The summed E-state index contributed by atoms with van der Waals surface area (Å²) < 4.78 is 4.93. The molecule has 0 aliphatic heterocycles. The molecule has 0 radical (unpaired) electrons. The summed E-state index contributed by atoms with van der Waals surface area (Å²) in [6, 6.07) is 5.36.